The zero-order valence-corrected chi connectivity index (χ0v) is 11.9. The van der Waals surface area contributed by atoms with Crippen molar-refractivity contribution in [2.45, 2.75) is 4.83 Å². The molecule has 0 radical (unpaired) electrons. The van der Waals surface area contributed by atoms with Crippen molar-refractivity contribution in [3.63, 3.8) is 0 Å². The molecule has 1 aromatic rings. The van der Waals surface area contributed by atoms with Gasteiger partial charge in [0.15, 0.2) is 0 Å². The normalized spacial score (nSPS) is 13.9. The average molecular weight is 360 g/mol. The van der Waals surface area contributed by atoms with Gasteiger partial charge in [0, 0.05) is 6.26 Å². The average Bonchev–Trinajstić information content (AvgIpc) is 2.06. The number of alkyl halides is 1. The number of benzene rings is 1. The predicted molar refractivity (Wildman–Crippen MR) is 65.5 cm³/mol. The van der Waals surface area contributed by atoms with Gasteiger partial charge in [-0.2, -0.15) is 0 Å². The van der Waals surface area contributed by atoms with E-state index in [0.29, 0.717) is 4.47 Å². The van der Waals surface area contributed by atoms with E-state index in [-0.39, 0.29) is 16.4 Å². The minimum Gasteiger partial charge on any atom is -0.229 e. The first-order valence-electron chi connectivity index (χ1n) is 4.06. The molecule has 6 heteroatoms. The molecule has 0 fully saturated rings. The summed E-state index contributed by atoms with van der Waals surface area (Å²) in [5.74, 6) is -0.372. The quantitative estimate of drug-likeness (QED) is 0.777. The first-order valence-corrected chi connectivity index (χ1v) is 7.83. The van der Waals surface area contributed by atoms with Gasteiger partial charge >= 0.3 is 0 Å². The van der Waals surface area contributed by atoms with Crippen LogP contribution in [-0.4, -0.2) is 20.4 Å². The van der Waals surface area contributed by atoms with Crippen molar-refractivity contribution in [1.29, 1.82) is 0 Å². The highest BCUT2D eigenvalue weighted by Crippen LogP contribution is 2.27. The zero-order valence-electron chi connectivity index (χ0n) is 7.88. The number of rotatable bonds is 3. The molecule has 2 nitrogen and oxygen atoms in total. The summed E-state index contributed by atoms with van der Waals surface area (Å²) in [6.45, 7) is 0. The van der Waals surface area contributed by atoms with Gasteiger partial charge < -0.3 is 0 Å². The van der Waals surface area contributed by atoms with Gasteiger partial charge in [0.05, 0.1) is 15.1 Å². The highest BCUT2D eigenvalue weighted by atomic mass is 79.9. The molecule has 1 aromatic carbocycles. The molecule has 0 aromatic heterocycles. The summed E-state index contributed by atoms with van der Waals surface area (Å²) >= 11 is 6.31. The summed E-state index contributed by atoms with van der Waals surface area (Å²) in [4.78, 5) is -0.315. The van der Waals surface area contributed by atoms with E-state index in [1.165, 1.54) is 12.3 Å². The van der Waals surface area contributed by atoms with Crippen LogP contribution in [0.1, 0.15) is 10.4 Å². The Hall–Kier alpha value is 0.0600. The van der Waals surface area contributed by atoms with Crippen LogP contribution in [0.5, 0.6) is 0 Å². The number of hydrogen-bond donors (Lipinski definition) is 0. The van der Waals surface area contributed by atoms with Gasteiger partial charge in [-0.15, -0.1) is 0 Å². The van der Waals surface area contributed by atoms with Crippen LogP contribution in [0.4, 0.5) is 4.39 Å². The maximum absolute atomic E-state index is 12.9. The van der Waals surface area contributed by atoms with Crippen molar-refractivity contribution in [2.75, 3.05) is 12.0 Å². The second-order valence-corrected chi connectivity index (χ2v) is 7.38. The molecule has 0 saturated heterocycles. The van der Waals surface area contributed by atoms with E-state index in [9.17, 15) is 12.8 Å². The van der Waals surface area contributed by atoms with Gasteiger partial charge in [-0.25, -0.2) is 12.8 Å². The Balaban J connectivity index is 2.92. The molecule has 84 valence electrons. The molecule has 0 aliphatic rings. The summed E-state index contributed by atoms with van der Waals surface area (Å²) < 4.78 is 35.4. The van der Waals surface area contributed by atoms with E-state index >= 15 is 0 Å². The van der Waals surface area contributed by atoms with E-state index in [0.717, 1.165) is 5.56 Å². The summed E-state index contributed by atoms with van der Waals surface area (Å²) in [7, 11) is -3.05. The van der Waals surface area contributed by atoms with Crippen LogP contribution >= 0.6 is 31.9 Å². The van der Waals surface area contributed by atoms with E-state index in [1.54, 1.807) is 12.1 Å². The molecule has 0 aliphatic carbocycles. The van der Waals surface area contributed by atoms with Crippen LogP contribution in [0, 0.1) is 5.82 Å². The highest BCUT2D eigenvalue weighted by molar-refractivity contribution is 9.10. The molecule has 1 atom stereocenters. The van der Waals surface area contributed by atoms with Gasteiger partial charge in [-0.1, -0.05) is 22.0 Å². The second kappa shape index (κ2) is 4.93. The van der Waals surface area contributed by atoms with E-state index in [4.69, 9.17) is 0 Å². The Kier molecular flexibility index (Phi) is 4.31. The van der Waals surface area contributed by atoms with Crippen LogP contribution in [0.2, 0.25) is 0 Å². The van der Waals surface area contributed by atoms with Gasteiger partial charge in [-0.3, -0.25) is 0 Å². The highest BCUT2D eigenvalue weighted by Gasteiger charge is 2.15. The minimum atomic E-state index is -3.05. The topological polar surface area (TPSA) is 34.1 Å². The Morgan fingerprint density at radius 3 is 2.53 bits per heavy atom. The molecular weight excluding hydrogens is 351 g/mol. The fraction of sp³-hybridized carbons (Fsp3) is 0.333. The maximum atomic E-state index is 12.9. The second-order valence-electron chi connectivity index (χ2n) is 3.23. The third kappa shape index (κ3) is 4.20. The SMILES string of the molecule is CS(=O)(=O)CC(Br)c1ccc(F)c(Br)c1. The summed E-state index contributed by atoms with van der Waals surface area (Å²) in [5, 5.41) is 0. The minimum absolute atomic E-state index is 0.00886. The summed E-state index contributed by atoms with van der Waals surface area (Å²) in [6.07, 6.45) is 1.17. The third-order valence-electron chi connectivity index (χ3n) is 1.75. The van der Waals surface area contributed by atoms with Crippen molar-refractivity contribution >= 4 is 41.7 Å². The largest absolute Gasteiger partial charge is 0.229 e. The fourth-order valence-corrected chi connectivity index (χ4v) is 3.92. The number of halogens is 3. The molecule has 1 unspecified atom stereocenters. The molecular formula is C9H9Br2FO2S. The van der Waals surface area contributed by atoms with Crippen molar-refractivity contribution in [3.05, 3.63) is 34.1 Å². The van der Waals surface area contributed by atoms with Crippen LogP contribution in [-0.2, 0) is 9.84 Å². The number of sulfone groups is 1. The Labute approximate surface area is 105 Å². The van der Waals surface area contributed by atoms with E-state index < -0.39 is 9.84 Å². The number of hydrogen-bond acceptors (Lipinski definition) is 2. The van der Waals surface area contributed by atoms with E-state index in [1.807, 2.05) is 0 Å². The van der Waals surface area contributed by atoms with Gasteiger partial charge in [0.2, 0.25) is 0 Å². The molecule has 15 heavy (non-hydrogen) atoms. The van der Waals surface area contributed by atoms with Crippen LogP contribution in [0.15, 0.2) is 22.7 Å². The molecule has 1 rings (SSSR count). The fourth-order valence-electron chi connectivity index (χ4n) is 1.07. The first kappa shape index (κ1) is 13.1. The third-order valence-corrected chi connectivity index (χ3v) is 4.58. The smallest absolute Gasteiger partial charge is 0.148 e. The molecule has 0 saturated carbocycles. The lowest BCUT2D eigenvalue weighted by Gasteiger charge is -2.09. The van der Waals surface area contributed by atoms with Gasteiger partial charge in [0.25, 0.3) is 0 Å². The molecule has 0 bridgehead atoms. The maximum Gasteiger partial charge on any atom is 0.148 e. The summed E-state index contributed by atoms with van der Waals surface area (Å²) in [6, 6.07) is 4.43. The molecule has 0 N–H and O–H groups in total. The van der Waals surface area contributed by atoms with E-state index in [2.05, 4.69) is 31.9 Å². The van der Waals surface area contributed by atoms with Crippen molar-refractivity contribution < 1.29 is 12.8 Å². The van der Waals surface area contributed by atoms with Crippen molar-refractivity contribution in [2.24, 2.45) is 0 Å². The Bertz CT molecular complexity index is 459. The lowest BCUT2D eigenvalue weighted by molar-refractivity contribution is 0.601. The molecule has 0 amide bonds. The first-order chi connectivity index (χ1) is 6.79. The molecule has 0 aliphatic heterocycles. The Morgan fingerprint density at radius 2 is 2.07 bits per heavy atom. The van der Waals surface area contributed by atoms with Crippen LogP contribution in [0.3, 0.4) is 0 Å². The van der Waals surface area contributed by atoms with Crippen molar-refractivity contribution in [1.82, 2.24) is 0 Å². The lowest BCUT2D eigenvalue weighted by atomic mass is 10.2. The van der Waals surface area contributed by atoms with Crippen LogP contribution < -0.4 is 0 Å². The molecule has 0 heterocycles. The van der Waals surface area contributed by atoms with Crippen molar-refractivity contribution in [3.8, 4) is 0 Å². The van der Waals surface area contributed by atoms with Gasteiger partial charge in [0.1, 0.15) is 15.7 Å². The van der Waals surface area contributed by atoms with Crippen LogP contribution in [0.25, 0.3) is 0 Å². The van der Waals surface area contributed by atoms with Gasteiger partial charge in [-0.05, 0) is 33.6 Å². The Morgan fingerprint density at radius 1 is 1.47 bits per heavy atom. The molecule has 0 spiro atoms. The lowest BCUT2D eigenvalue weighted by Crippen LogP contribution is -2.08. The zero-order chi connectivity index (χ0) is 11.6. The monoisotopic (exact) mass is 358 g/mol. The summed E-state index contributed by atoms with van der Waals surface area (Å²) in [5.41, 5.74) is 0.730. The standard InChI is InChI=1S/C9H9Br2FO2S/c1-15(13,14)5-8(11)6-2-3-9(12)7(10)4-6/h2-4,8H,5H2,1H3. The predicted octanol–water partition coefficient (Wildman–Crippen LogP) is 3.07.